The predicted octanol–water partition coefficient (Wildman–Crippen LogP) is 1.44. The number of nitrogens with one attached hydrogen (secondary N) is 3. The van der Waals surface area contributed by atoms with Crippen LogP contribution in [0.5, 0.6) is 0 Å². The van der Waals surface area contributed by atoms with Crippen LogP contribution in [0, 0.1) is 0 Å². The first kappa shape index (κ1) is 21.0. The van der Waals surface area contributed by atoms with Gasteiger partial charge >= 0.3 is 0 Å². The van der Waals surface area contributed by atoms with Crippen LogP contribution in [0.3, 0.4) is 0 Å². The number of carbonyl (C=O) groups excluding carboxylic acids is 2. The van der Waals surface area contributed by atoms with Crippen molar-refractivity contribution in [2.45, 2.75) is 26.0 Å². The maximum atomic E-state index is 12.8. The Hall–Kier alpha value is -2.21. The number of halogens is 1. The number of ether oxygens (including phenoxy) is 1. The standard InChI is InChI=1S/C19H23BrN6O3S/c1-11-8-25(3-4-29-11)10-17(27)23-13-5-15(12(2)21-6-13)24-18(28)14-7-22-26-9-16(20)30-19(14)26/h5-7,9,11-12,21H,3-4,8,10H2,1-2H3,(H,23,27)(H,24,28). The average molecular weight is 495 g/mol. The molecule has 160 valence electrons. The summed E-state index contributed by atoms with van der Waals surface area (Å²) in [4.78, 5) is 28.1. The summed E-state index contributed by atoms with van der Waals surface area (Å²) in [7, 11) is 0. The highest BCUT2D eigenvalue weighted by Gasteiger charge is 2.22. The number of dihydropyridines is 1. The number of fused-ring (bicyclic) bond motifs is 1. The third-order valence-electron chi connectivity index (χ3n) is 4.91. The molecule has 0 saturated carbocycles. The Morgan fingerprint density at radius 1 is 1.40 bits per heavy atom. The molecule has 0 aromatic carbocycles. The third kappa shape index (κ3) is 4.75. The second-order valence-corrected chi connectivity index (χ2v) is 9.76. The summed E-state index contributed by atoms with van der Waals surface area (Å²) in [5, 5.41) is 13.2. The first-order valence-electron chi connectivity index (χ1n) is 9.64. The molecule has 1 saturated heterocycles. The van der Waals surface area contributed by atoms with E-state index in [9.17, 15) is 9.59 Å². The van der Waals surface area contributed by atoms with E-state index >= 15 is 0 Å². The molecule has 0 aliphatic carbocycles. The van der Waals surface area contributed by atoms with Crippen molar-refractivity contribution in [2.75, 3.05) is 26.2 Å². The second kappa shape index (κ2) is 8.88. The summed E-state index contributed by atoms with van der Waals surface area (Å²) < 4.78 is 8.07. The van der Waals surface area contributed by atoms with E-state index < -0.39 is 0 Å². The first-order chi connectivity index (χ1) is 14.4. The van der Waals surface area contributed by atoms with Gasteiger partial charge in [-0.2, -0.15) is 5.10 Å². The molecule has 4 heterocycles. The van der Waals surface area contributed by atoms with E-state index in [4.69, 9.17) is 4.74 Å². The minimum Gasteiger partial charge on any atom is -0.381 e. The molecular formula is C19H23BrN6O3S. The van der Waals surface area contributed by atoms with Crippen LogP contribution in [0.15, 0.2) is 39.9 Å². The highest BCUT2D eigenvalue weighted by Crippen LogP contribution is 2.26. The molecule has 0 bridgehead atoms. The summed E-state index contributed by atoms with van der Waals surface area (Å²) in [6, 6.07) is -0.101. The molecule has 0 radical (unpaired) electrons. The zero-order valence-corrected chi connectivity index (χ0v) is 19.0. The van der Waals surface area contributed by atoms with Crippen molar-refractivity contribution in [3.05, 3.63) is 45.4 Å². The normalized spacial score (nSPS) is 22.2. The Morgan fingerprint density at radius 3 is 3.03 bits per heavy atom. The Balaban J connectivity index is 1.40. The third-order valence-corrected chi connectivity index (χ3v) is 6.50. The Morgan fingerprint density at radius 2 is 2.23 bits per heavy atom. The lowest BCUT2D eigenvalue weighted by Gasteiger charge is -2.30. The lowest BCUT2D eigenvalue weighted by Crippen LogP contribution is -2.46. The minimum absolute atomic E-state index is 0.101. The summed E-state index contributed by atoms with van der Waals surface area (Å²) in [6.45, 7) is 6.35. The maximum absolute atomic E-state index is 12.8. The van der Waals surface area contributed by atoms with E-state index in [2.05, 4.69) is 41.9 Å². The smallest absolute Gasteiger partial charge is 0.260 e. The van der Waals surface area contributed by atoms with Gasteiger partial charge < -0.3 is 20.7 Å². The van der Waals surface area contributed by atoms with Gasteiger partial charge in [0.2, 0.25) is 5.91 Å². The topological polar surface area (TPSA) is 100 Å². The monoisotopic (exact) mass is 494 g/mol. The molecule has 2 aliphatic heterocycles. The Bertz CT molecular complexity index is 1030. The van der Waals surface area contributed by atoms with Crippen LogP contribution in [0.4, 0.5) is 0 Å². The van der Waals surface area contributed by atoms with E-state index in [1.54, 1.807) is 23.0 Å². The van der Waals surface area contributed by atoms with Gasteiger partial charge in [0.15, 0.2) is 0 Å². The second-order valence-electron chi connectivity index (χ2n) is 7.35. The van der Waals surface area contributed by atoms with Crippen molar-refractivity contribution < 1.29 is 14.3 Å². The first-order valence-corrected chi connectivity index (χ1v) is 11.3. The Kier molecular flexibility index (Phi) is 6.23. The number of aromatic nitrogens is 2. The molecule has 11 heteroatoms. The van der Waals surface area contributed by atoms with E-state index in [0.717, 1.165) is 21.7 Å². The van der Waals surface area contributed by atoms with Gasteiger partial charge in [-0.05, 0) is 35.9 Å². The van der Waals surface area contributed by atoms with Crippen molar-refractivity contribution in [2.24, 2.45) is 0 Å². The van der Waals surface area contributed by atoms with Crippen LogP contribution >= 0.6 is 27.3 Å². The highest BCUT2D eigenvalue weighted by molar-refractivity contribution is 9.11. The zero-order valence-electron chi connectivity index (χ0n) is 16.6. The zero-order chi connectivity index (χ0) is 21.3. The van der Waals surface area contributed by atoms with E-state index in [1.165, 1.54) is 11.3 Å². The minimum atomic E-state index is -0.242. The van der Waals surface area contributed by atoms with Crippen LogP contribution in [-0.2, 0) is 9.53 Å². The van der Waals surface area contributed by atoms with Gasteiger partial charge in [0.05, 0.1) is 52.7 Å². The van der Waals surface area contributed by atoms with Crippen molar-refractivity contribution >= 4 is 43.9 Å². The van der Waals surface area contributed by atoms with Crippen molar-refractivity contribution in [1.82, 2.24) is 30.5 Å². The van der Waals surface area contributed by atoms with Crippen LogP contribution in [0.25, 0.3) is 4.83 Å². The lowest BCUT2D eigenvalue weighted by molar-refractivity contribution is -0.123. The maximum Gasteiger partial charge on any atom is 0.260 e. The molecule has 2 aliphatic rings. The van der Waals surface area contributed by atoms with Crippen LogP contribution < -0.4 is 16.0 Å². The van der Waals surface area contributed by atoms with Gasteiger partial charge in [0.1, 0.15) is 4.83 Å². The summed E-state index contributed by atoms with van der Waals surface area (Å²) >= 11 is 4.85. The fourth-order valence-electron chi connectivity index (χ4n) is 3.41. The van der Waals surface area contributed by atoms with Gasteiger partial charge in [0.25, 0.3) is 5.91 Å². The van der Waals surface area contributed by atoms with Crippen LogP contribution in [0.1, 0.15) is 24.2 Å². The van der Waals surface area contributed by atoms with E-state index in [0.29, 0.717) is 30.1 Å². The number of amides is 2. The van der Waals surface area contributed by atoms with Gasteiger partial charge in [-0.1, -0.05) is 0 Å². The van der Waals surface area contributed by atoms with Crippen molar-refractivity contribution in [1.29, 1.82) is 0 Å². The largest absolute Gasteiger partial charge is 0.381 e. The molecule has 30 heavy (non-hydrogen) atoms. The fourth-order valence-corrected chi connectivity index (χ4v) is 4.85. The quantitative estimate of drug-likeness (QED) is 0.581. The molecule has 2 amide bonds. The highest BCUT2D eigenvalue weighted by atomic mass is 79.9. The molecule has 2 unspecified atom stereocenters. The molecule has 3 N–H and O–H groups in total. The van der Waals surface area contributed by atoms with Crippen molar-refractivity contribution in [3.8, 4) is 0 Å². The number of carbonyl (C=O) groups is 2. The lowest BCUT2D eigenvalue weighted by atomic mass is 10.1. The van der Waals surface area contributed by atoms with Gasteiger partial charge in [-0.15, -0.1) is 11.3 Å². The molecule has 9 nitrogen and oxygen atoms in total. The van der Waals surface area contributed by atoms with E-state index in [1.807, 2.05) is 20.0 Å². The summed E-state index contributed by atoms with van der Waals surface area (Å²) in [5.41, 5.74) is 1.78. The number of thiazole rings is 1. The van der Waals surface area contributed by atoms with Gasteiger partial charge in [-0.25, -0.2) is 4.52 Å². The number of allylic oxidation sites excluding steroid dienone is 1. The van der Waals surface area contributed by atoms with Crippen molar-refractivity contribution in [3.63, 3.8) is 0 Å². The molecule has 2 aromatic heterocycles. The number of morpholine rings is 1. The SMILES string of the molecule is CC1CN(CC(=O)NC2=CNC(C)C(NC(=O)c3cnn4cc(Br)sc34)=C2)CCO1. The predicted molar refractivity (Wildman–Crippen MR) is 117 cm³/mol. The van der Waals surface area contributed by atoms with E-state index in [-0.39, 0.29) is 24.0 Å². The molecule has 0 spiro atoms. The molecular weight excluding hydrogens is 472 g/mol. The number of hydrogen-bond acceptors (Lipinski definition) is 7. The molecule has 1 fully saturated rings. The number of hydrogen-bond donors (Lipinski definition) is 3. The molecule has 2 atom stereocenters. The van der Waals surface area contributed by atoms with Crippen LogP contribution in [0.2, 0.25) is 0 Å². The number of rotatable bonds is 5. The average Bonchev–Trinajstić information content (AvgIpc) is 3.23. The molecule has 2 aromatic rings. The number of nitrogens with zero attached hydrogens (tertiary/aromatic N) is 3. The fraction of sp³-hybridized carbons (Fsp3) is 0.421. The van der Waals surface area contributed by atoms with Gasteiger partial charge in [-0.3, -0.25) is 14.5 Å². The van der Waals surface area contributed by atoms with Crippen LogP contribution in [-0.4, -0.2) is 64.7 Å². The Labute approximate surface area is 186 Å². The summed E-state index contributed by atoms with van der Waals surface area (Å²) in [6.07, 6.45) is 7.02. The van der Waals surface area contributed by atoms with Gasteiger partial charge in [0, 0.05) is 25.0 Å². The molecule has 4 rings (SSSR count). The summed E-state index contributed by atoms with van der Waals surface area (Å²) in [5.74, 6) is -0.343.